The molecule has 0 saturated heterocycles. The Bertz CT molecular complexity index is 424. The topological polar surface area (TPSA) is 86.5 Å². The number of rotatable bonds is 7. The van der Waals surface area contributed by atoms with E-state index in [1.165, 1.54) is 6.20 Å². The van der Waals surface area contributed by atoms with Crippen molar-refractivity contribution < 1.29 is 14.3 Å². The fourth-order valence-electron chi connectivity index (χ4n) is 1.55. The van der Waals surface area contributed by atoms with Crippen LogP contribution in [0.5, 0.6) is 0 Å². The van der Waals surface area contributed by atoms with E-state index in [0.717, 1.165) is 6.42 Å². The van der Waals surface area contributed by atoms with Crippen molar-refractivity contribution in [2.75, 3.05) is 31.4 Å². The van der Waals surface area contributed by atoms with Gasteiger partial charge in [0.15, 0.2) is 0 Å². The first-order valence-corrected chi connectivity index (χ1v) is 6.26. The second-order valence-electron chi connectivity index (χ2n) is 4.20. The van der Waals surface area contributed by atoms with Gasteiger partial charge in [0.1, 0.15) is 5.82 Å². The fraction of sp³-hybridized carbons (Fsp3) is 0.538. The fourth-order valence-corrected chi connectivity index (χ4v) is 1.55. The van der Waals surface area contributed by atoms with Crippen molar-refractivity contribution >= 4 is 17.5 Å². The summed E-state index contributed by atoms with van der Waals surface area (Å²) in [6, 6.07) is 1.79. The minimum Gasteiger partial charge on any atom is -0.462 e. The van der Waals surface area contributed by atoms with Crippen LogP contribution in [0.1, 0.15) is 30.6 Å². The van der Waals surface area contributed by atoms with E-state index in [1.54, 1.807) is 20.1 Å². The van der Waals surface area contributed by atoms with E-state index in [1.807, 2.05) is 6.92 Å². The maximum atomic E-state index is 11.7. The highest BCUT2D eigenvalue weighted by Gasteiger charge is 2.13. The summed E-state index contributed by atoms with van der Waals surface area (Å²) < 4.78 is 9.95. The van der Waals surface area contributed by atoms with Gasteiger partial charge in [-0.3, -0.25) is 0 Å². The molecule has 106 valence electrons. The zero-order valence-electron chi connectivity index (χ0n) is 11.6. The lowest BCUT2D eigenvalue weighted by molar-refractivity contribution is 0.0527. The van der Waals surface area contributed by atoms with Crippen LogP contribution < -0.4 is 11.1 Å². The Balaban J connectivity index is 2.75. The predicted octanol–water partition coefficient (Wildman–Crippen LogP) is 1.68. The Morgan fingerprint density at radius 3 is 2.95 bits per heavy atom. The van der Waals surface area contributed by atoms with Gasteiger partial charge < -0.3 is 20.5 Å². The second kappa shape index (κ2) is 7.58. The molecule has 0 radical (unpaired) electrons. The number of hydrogen-bond acceptors (Lipinski definition) is 6. The van der Waals surface area contributed by atoms with Gasteiger partial charge in [0.05, 0.1) is 24.1 Å². The first-order chi connectivity index (χ1) is 9.08. The minimum atomic E-state index is -0.435. The third-order valence-electron chi connectivity index (χ3n) is 2.58. The van der Waals surface area contributed by atoms with Gasteiger partial charge in [0.25, 0.3) is 0 Å². The van der Waals surface area contributed by atoms with Crippen LogP contribution in [0.3, 0.4) is 0 Å². The van der Waals surface area contributed by atoms with E-state index in [2.05, 4.69) is 10.3 Å². The van der Waals surface area contributed by atoms with Gasteiger partial charge in [-0.1, -0.05) is 0 Å². The molecule has 1 atom stereocenters. The summed E-state index contributed by atoms with van der Waals surface area (Å²) in [4.78, 5) is 15.8. The standard InChI is InChI=1S/C13H21N3O3/c1-4-19-13(17)10-7-12(15-8-11(10)14)16-9(2)5-6-18-3/h7-9H,4-6,14H2,1-3H3,(H,15,16). The number of esters is 1. The van der Waals surface area contributed by atoms with Gasteiger partial charge in [-0.15, -0.1) is 0 Å². The Labute approximate surface area is 113 Å². The number of methoxy groups -OCH3 is 1. The predicted molar refractivity (Wildman–Crippen MR) is 74.2 cm³/mol. The number of hydrogen-bond donors (Lipinski definition) is 2. The molecule has 0 spiro atoms. The average molecular weight is 267 g/mol. The lowest BCUT2D eigenvalue weighted by Gasteiger charge is -2.15. The summed E-state index contributed by atoms with van der Waals surface area (Å²) >= 11 is 0. The highest BCUT2D eigenvalue weighted by molar-refractivity contribution is 5.95. The number of carbonyl (C=O) groups excluding carboxylic acids is 1. The number of nitrogen functional groups attached to an aromatic ring is 1. The number of aromatic nitrogens is 1. The maximum Gasteiger partial charge on any atom is 0.340 e. The van der Waals surface area contributed by atoms with E-state index < -0.39 is 5.97 Å². The third-order valence-corrected chi connectivity index (χ3v) is 2.58. The molecule has 6 heteroatoms. The van der Waals surface area contributed by atoms with Crippen LogP contribution in [0.2, 0.25) is 0 Å². The first kappa shape index (κ1) is 15.2. The third kappa shape index (κ3) is 4.75. The lowest BCUT2D eigenvalue weighted by atomic mass is 10.2. The van der Waals surface area contributed by atoms with E-state index in [-0.39, 0.29) is 6.04 Å². The van der Waals surface area contributed by atoms with Crippen LogP contribution in [0.4, 0.5) is 11.5 Å². The zero-order valence-corrected chi connectivity index (χ0v) is 11.6. The zero-order chi connectivity index (χ0) is 14.3. The molecule has 0 aliphatic rings. The van der Waals surface area contributed by atoms with Crippen LogP contribution in [-0.4, -0.2) is 37.3 Å². The summed E-state index contributed by atoms with van der Waals surface area (Å²) in [5, 5.41) is 3.19. The van der Waals surface area contributed by atoms with Gasteiger partial charge >= 0.3 is 5.97 Å². The van der Waals surface area contributed by atoms with Gasteiger partial charge in [-0.05, 0) is 26.3 Å². The quantitative estimate of drug-likeness (QED) is 0.731. The molecular formula is C13H21N3O3. The van der Waals surface area contributed by atoms with Crippen molar-refractivity contribution in [3.8, 4) is 0 Å². The monoisotopic (exact) mass is 267 g/mol. The Morgan fingerprint density at radius 1 is 1.58 bits per heavy atom. The number of carbonyl (C=O) groups is 1. The molecule has 0 aliphatic carbocycles. The molecule has 19 heavy (non-hydrogen) atoms. The van der Waals surface area contributed by atoms with Gasteiger partial charge in [-0.25, -0.2) is 9.78 Å². The molecule has 1 aromatic rings. The molecule has 1 unspecified atom stereocenters. The summed E-state index contributed by atoms with van der Waals surface area (Å²) in [5.74, 6) is 0.163. The van der Waals surface area contributed by atoms with Gasteiger partial charge in [0.2, 0.25) is 0 Å². The summed E-state index contributed by atoms with van der Waals surface area (Å²) in [6.07, 6.45) is 2.30. The number of nitrogens with one attached hydrogen (secondary N) is 1. The van der Waals surface area contributed by atoms with E-state index >= 15 is 0 Å². The van der Waals surface area contributed by atoms with E-state index in [0.29, 0.717) is 30.3 Å². The molecule has 6 nitrogen and oxygen atoms in total. The molecule has 1 heterocycles. The Morgan fingerprint density at radius 2 is 2.32 bits per heavy atom. The minimum absolute atomic E-state index is 0.186. The number of pyridine rings is 1. The smallest absolute Gasteiger partial charge is 0.340 e. The molecule has 0 aromatic carbocycles. The molecular weight excluding hydrogens is 246 g/mol. The Kier molecular flexibility index (Phi) is 6.08. The molecule has 0 bridgehead atoms. The van der Waals surface area contributed by atoms with Crippen LogP contribution in [0.15, 0.2) is 12.3 Å². The van der Waals surface area contributed by atoms with Crippen molar-refractivity contribution in [1.29, 1.82) is 0 Å². The summed E-state index contributed by atoms with van der Waals surface area (Å²) in [6.45, 7) is 4.74. The SMILES string of the molecule is CCOC(=O)c1cc(NC(C)CCOC)ncc1N. The highest BCUT2D eigenvalue weighted by atomic mass is 16.5. The van der Waals surface area contributed by atoms with Crippen molar-refractivity contribution in [2.24, 2.45) is 0 Å². The van der Waals surface area contributed by atoms with Crippen molar-refractivity contribution in [3.05, 3.63) is 17.8 Å². The molecule has 1 aromatic heterocycles. The molecule has 1 rings (SSSR count). The summed E-state index contributed by atoms with van der Waals surface area (Å²) in [5.41, 5.74) is 6.37. The maximum absolute atomic E-state index is 11.7. The van der Waals surface area contributed by atoms with Crippen LogP contribution >= 0.6 is 0 Å². The Hall–Kier alpha value is -1.82. The summed E-state index contributed by atoms with van der Waals surface area (Å²) in [7, 11) is 1.66. The normalized spacial score (nSPS) is 11.9. The number of nitrogens with zero attached hydrogens (tertiary/aromatic N) is 1. The van der Waals surface area contributed by atoms with Crippen molar-refractivity contribution in [3.63, 3.8) is 0 Å². The number of nitrogens with two attached hydrogens (primary N) is 1. The largest absolute Gasteiger partial charge is 0.462 e. The number of anilines is 2. The lowest BCUT2D eigenvalue weighted by Crippen LogP contribution is -2.19. The van der Waals surface area contributed by atoms with Crippen LogP contribution in [-0.2, 0) is 9.47 Å². The van der Waals surface area contributed by atoms with E-state index in [9.17, 15) is 4.79 Å². The average Bonchev–Trinajstić information content (AvgIpc) is 2.39. The van der Waals surface area contributed by atoms with Crippen molar-refractivity contribution in [1.82, 2.24) is 4.98 Å². The molecule has 0 amide bonds. The van der Waals surface area contributed by atoms with Crippen LogP contribution in [0.25, 0.3) is 0 Å². The van der Waals surface area contributed by atoms with Crippen molar-refractivity contribution in [2.45, 2.75) is 26.3 Å². The molecule has 0 aliphatic heterocycles. The molecule has 0 saturated carbocycles. The first-order valence-electron chi connectivity index (χ1n) is 6.26. The van der Waals surface area contributed by atoms with E-state index in [4.69, 9.17) is 15.2 Å². The highest BCUT2D eigenvalue weighted by Crippen LogP contribution is 2.17. The molecule has 3 N–H and O–H groups in total. The van der Waals surface area contributed by atoms with Gasteiger partial charge in [-0.2, -0.15) is 0 Å². The molecule has 0 fully saturated rings. The second-order valence-corrected chi connectivity index (χ2v) is 4.20. The number of ether oxygens (including phenoxy) is 2. The van der Waals surface area contributed by atoms with Gasteiger partial charge in [0, 0.05) is 19.8 Å². The van der Waals surface area contributed by atoms with Crippen LogP contribution in [0, 0.1) is 0 Å².